The summed E-state index contributed by atoms with van der Waals surface area (Å²) in [6, 6.07) is 16.8. The summed E-state index contributed by atoms with van der Waals surface area (Å²) in [4.78, 5) is 6.37. The fourth-order valence-electron chi connectivity index (χ4n) is 8.37. The largest absolute Gasteiger partial charge is 0.504 e. The van der Waals surface area contributed by atoms with E-state index in [1.165, 1.54) is 40.1 Å². The van der Waals surface area contributed by atoms with E-state index in [0.717, 1.165) is 48.6 Å². The molecule has 35 heavy (non-hydrogen) atoms. The van der Waals surface area contributed by atoms with E-state index in [4.69, 9.17) is 4.74 Å². The van der Waals surface area contributed by atoms with Crippen LogP contribution in [0.4, 0.5) is 0 Å². The van der Waals surface area contributed by atoms with Gasteiger partial charge in [-0.3, -0.25) is 4.90 Å². The number of ether oxygens (including phenoxy) is 1. The Morgan fingerprint density at radius 1 is 1.06 bits per heavy atom. The first kappa shape index (κ1) is 19.2. The molecule has 3 aliphatic carbocycles. The Balaban J connectivity index is 1.34. The highest BCUT2D eigenvalue weighted by Gasteiger charge is 2.72. The van der Waals surface area contributed by atoms with Crippen LogP contribution in [-0.2, 0) is 18.3 Å². The van der Waals surface area contributed by atoms with Crippen molar-refractivity contribution in [1.29, 1.82) is 0 Å². The van der Waals surface area contributed by atoms with Crippen LogP contribution in [-0.4, -0.2) is 44.8 Å². The molecule has 3 N–H and O–H groups in total. The molecule has 2 aliphatic heterocycles. The maximum Gasteiger partial charge on any atom is 0.166 e. The molecule has 0 radical (unpaired) electrons. The lowest BCUT2D eigenvalue weighted by Crippen LogP contribution is -2.74. The van der Waals surface area contributed by atoms with Gasteiger partial charge < -0.3 is 19.9 Å². The molecule has 0 unspecified atom stereocenters. The number of fused-ring (bicyclic) bond motifs is 6. The van der Waals surface area contributed by atoms with Gasteiger partial charge in [-0.15, -0.1) is 0 Å². The number of phenolic OH excluding ortho intramolecular Hbond substituents is 1. The van der Waals surface area contributed by atoms with E-state index >= 15 is 0 Å². The minimum absolute atomic E-state index is 0.0597. The van der Waals surface area contributed by atoms with Gasteiger partial charge in [0.1, 0.15) is 0 Å². The van der Waals surface area contributed by atoms with Crippen LogP contribution in [0.25, 0.3) is 21.7 Å². The number of nitrogens with one attached hydrogen (secondary N) is 1. The average molecular weight is 465 g/mol. The van der Waals surface area contributed by atoms with Crippen molar-refractivity contribution < 1.29 is 14.9 Å². The fraction of sp³-hybridized carbons (Fsp3) is 0.400. The van der Waals surface area contributed by atoms with Crippen LogP contribution in [0.2, 0.25) is 0 Å². The molecule has 2 bridgehead atoms. The van der Waals surface area contributed by atoms with Gasteiger partial charge in [0, 0.05) is 35.3 Å². The maximum absolute atomic E-state index is 12.9. The minimum atomic E-state index is -0.940. The summed E-state index contributed by atoms with van der Waals surface area (Å²) in [5.41, 5.74) is 4.22. The third-order valence-corrected chi connectivity index (χ3v) is 10.1. The average Bonchev–Trinajstić information content (AvgIpc) is 3.49. The molecule has 0 amide bonds. The number of H-pyrrole nitrogens is 1. The predicted octanol–water partition coefficient (Wildman–Crippen LogP) is 4.73. The lowest BCUT2D eigenvalue weighted by molar-refractivity contribution is -0.173. The van der Waals surface area contributed by atoms with Crippen LogP contribution in [0.15, 0.2) is 48.5 Å². The molecule has 176 valence electrons. The van der Waals surface area contributed by atoms with Crippen LogP contribution in [0.3, 0.4) is 0 Å². The quantitative estimate of drug-likeness (QED) is 0.401. The number of nitrogens with zero attached hydrogens (tertiary/aromatic N) is 1. The number of piperidine rings is 1. The Morgan fingerprint density at radius 2 is 1.94 bits per heavy atom. The molecule has 1 saturated carbocycles. The standard InChI is InChI=1S/C30H28N2O3/c33-22-10-8-18-13-23-30(34)14-21-20-9-7-17-3-1-2-4-19(17)25(20)31-26(21)28-29(30,24(18)27(22)35-28)11-12-32(23)15-16-5-6-16/h1-4,7-10,16,23,28,31,33-34H,5-6,11-15H2/t23-,28+,29+,30-/m1/s1. The fourth-order valence-corrected chi connectivity index (χ4v) is 8.37. The first-order valence-corrected chi connectivity index (χ1v) is 13.1. The highest BCUT2D eigenvalue weighted by atomic mass is 16.5. The van der Waals surface area contributed by atoms with E-state index in [-0.39, 0.29) is 17.9 Å². The molecule has 4 atom stereocenters. The number of hydrogen-bond acceptors (Lipinski definition) is 4. The summed E-state index contributed by atoms with van der Waals surface area (Å²) in [5.74, 6) is 1.56. The van der Waals surface area contributed by atoms with Gasteiger partial charge in [0.05, 0.1) is 22.2 Å². The number of rotatable bonds is 2. The summed E-state index contributed by atoms with van der Waals surface area (Å²) in [6.45, 7) is 2.05. The number of aromatic nitrogens is 1. The van der Waals surface area contributed by atoms with Crippen LogP contribution in [0, 0.1) is 5.92 Å². The number of phenols is 1. The van der Waals surface area contributed by atoms with E-state index < -0.39 is 11.0 Å². The Hall–Kier alpha value is -3.02. The molecular weight excluding hydrogens is 436 g/mol. The van der Waals surface area contributed by atoms with Crippen molar-refractivity contribution in [2.24, 2.45) is 5.92 Å². The van der Waals surface area contributed by atoms with E-state index in [1.54, 1.807) is 6.07 Å². The van der Waals surface area contributed by atoms with Crippen molar-refractivity contribution in [3.63, 3.8) is 0 Å². The van der Waals surface area contributed by atoms with Crippen LogP contribution in [0.5, 0.6) is 11.5 Å². The summed E-state index contributed by atoms with van der Waals surface area (Å²) >= 11 is 0. The van der Waals surface area contributed by atoms with E-state index in [2.05, 4.69) is 52.3 Å². The number of hydrogen-bond donors (Lipinski definition) is 3. The second kappa shape index (κ2) is 6.03. The maximum atomic E-state index is 12.9. The summed E-state index contributed by atoms with van der Waals surface area (Å²) in [6.07, 6.45) is 4.57. The van der Waals surface area contributed by atoms with Gasteiger partial charge in [0.25, 0.3) is 0 Å². The van der Waals surface area contributed by atoms with Gasteiger partial charge in [-0.05, 0) is 60.7 Å². The van der Waals surface area contributed by atoms with Gasteiger partial charge in [-0.25, -0.2) is 0 Å². The summed E-state index contributed by atoms with van der Waals surface area (Å²) in [7, 11) is 0. The van der Waals surface area contributed by atoms with E-state index in [9.17, 15) is 10.2 Å². The molecular formula is C30H28N2O3. The molecule has 5 nitrogen and oxygen atoms in total. The van der Waals surface area contributed by atoms with Crippen molar-refractivity contribution >= 4 is 21.7 Å². The minimum Gasteiger partial charge on any atom is -0.504 e. The zero-order chi connectivity index (χ0) is 23.1. The number of likely N-dealkylation sites (tertiary alicyclic amines) is 1. The SMILES string of the molecule is Oc1ccc2c3c1O[C@H]1c4[nH]c5c(ccc6ccccc65)c4C[C@@]4(O)[C@@H](C2)N(CC2CC2)CC[C@]314. The highest BCUT2D eigenvalue weighted by molar-refractivity contribution is 6.07. The molecule has 5 heteroatoms. The molecule has 3 aromatic carbocycles. The Bertz CT molecular complexity index is 1590. The van der Waals surface area contributed by atoms with E-state index in [0.29, 0.717) is 12.2 Å². The molecule has 3 heterocycles. The Labute approximate surface area is 203 Å². The molecule has 2 fully saturated rings. The van der Waals surface area contributed by atoms with Crippen molar-refractivity contribution in [2.45, 2.75) is 55.3 Å². The molecule has 4 aromatic rings. The monoisotopic (exact) mass is 464 g/mol. The van der Waals surface area contributed by atoms with Crippen molar-refractivity contribution in [3.8, 4) is 11.5 Å². The van der Waals surface area contributed by atoms with Crippen molar-refractivity contribution in [3.05, 3.63) is 70.9 Å². The van der Waals surface area contributed by atoms with Gasteiger partial charge in [0.2, 0.25) is 0 Å². The van der Waals surface area contributed by atoms with Crippen molar-refractivity contribution in [1.82, 2.24) is 9.88 Å². The normalized spacial score (nSPS) is 32.5. The third kappa shape index (κ3) is 2.11. The number of aromatic hydroxyl groups is 1. The van der Waals surface area contributed by atoms with Gasteiger partial charge >= 0.3 is 0 Å². The molecule has 5 aliphatic rings. The van der Waals surface area contributed by atoms with Crippen LogP contribution >= 0.6 is 0 Å². The number of aliphatic hydroxyl groups is 1. The zero-order valence-electron chi connectivity index (χ0n) is 19.6. The summed E-state index contributed by atoms with van der Waals surface area (Å²) in [5, 5.41) is 27.4. The zero-order valence-corrected chi connectivity index (χ0v) is 19.6. The number of aromatic amines is 1. The second-order valence-corrected chi connectivity index (χ2v) is 11.7. The highest BCUT2D eigenvalue weighted by Crippen LogP contribution is 2.69. The van der Waals surface area contributed by atoms with Crippen LogP contribution < -0.4 is 4.74 Å². The third-order valence-electron chi connectivity index (χ3n) is 10.1. The molecule has 1 spiro atoms. The molecule has 1 aromatic heterocycles. The summed E-state index contributed by atoms with van der Waals surface area (Å²) < 4.78 is 6.71. The van der Waals surface area contributed by atoms with Gasteiger partial charge in [-0.1, -0.05) is 42.5 Å². The Kier molecular flexibility index (Phi) is 3.31. The van der Waals surface area contributed by atoms with Gasteiger partial charge in [-0.2, -0.15) is 0 Å². The molecule has 1 saturated heterocycles. The second-order valence-electron chi connectivity index (χ2n) is 11.7. The first-order valence-electron chi connectivity index (χ1n) is 13.1. The first-order chi connectivity index (χ1) is 17.1. The van der Waals surface area contributed by atoms with E-state index in [1.807, 2.05) is 0 Å². The number of benzene rings is 3. The lowest BCUT2D eigenvalue weighted by Gasteiger charge is -2.62. The van der Waals surface area contributed by atoms with Crippen LogP contribution in [0.1, 0.15) is 47.8 Å². The lowest BCUT2D eigenvalue weighted by atomic mass is 9.49. The smallest absolute Gasteiger partial charge is 0.166 e. The molecule has 9 rings (SSSR count). The van der Waals surface area contributed by atoms with Crippen molar-refractivity contribution in [2.75, 3.05) is 13.1 Å². The van der Waals surface area contributed by atoms with Gasteiger partial charge in [0.15, 0.2) is 17.6 Å². The predicted molar refractivity (Wildman–Crippen MR) is 134 cm³/mol. The Morgan fingerprint density at radius 3 is 2.83 bits per heavy atom. The topological polar surface area (TPSA) is 68.7 Å².